The van der Waals surface area contributed by atoms with Crippen LogP contribution < -0.4 is 5.32 Å². The number of rotatable bonds is 10. The van der Waals surface area contributed by atoms with Crippen molar-refractivity contribution in [3.8, 4) is 0 Å². The van der Waals surface area contributed by atoms with Crippen molar-refractivity contribution in [1.29, 1.82) is 0 Å². The van der Waals surface area contributed by atoms with Crippen molar-refractivity contribution < 1.29 is 0 Å². The molecule has 0 radical (unpaired) electrons. The first kappa shape index (κ1) is 16.2. The lowest BCUT2D eigenvalue weighted by atomic mass is 10.1. The minimum Gasteiger partial charge on any atom is -0.371 e. The van der Waals surface area contributed by atoms with Gasteiger partial charge in [0, 0.05) is 12.3 Å². The summed E-state index contributed by atoms with van der Waals surface area (Å²) in [6.07, 6.45) is 10.6. The highest BCUT2D eigenvalue weighted by Gasteiger charge is 1.96. The summed E-state index contributed by atoms with van der Waals surface area (Å²) >= 11 is 7.03. The first-order valence-electron chi connectivity index (χ1n) is 6.71. The van der Waals surface area contributed by atoms with Gasteiger partial charge in [0.1, 0.15) is 4.32 Å². The maximum absolute atomic E-state index is 5.24. The zero-order chi connectivity index (χ0) is 12.1. The van der Waals surface area contributed by atoms with Gasteiger partial charge in [-0.25, -0.2) is 0 Å². The van der Waals surface area contributed by atoms with Crippen molar-refractivity contribution in [3.05, 3.63) is 0 Å². The fraction of sp³-hybridized carbons (Fsp3) is 0.923. The molecule has 3 heteroatoms. The summed E-state index contributed by atoms with van der Waals surface area (Å²) in [7, 11) is 0. The van der Waals surface area contributed by atoms with Gasteiger partial charge >= 0.3 is 0 Å². The van der Waals surface area contributed by atoms with Crippen LogP contribution in [0, 0.1) is 0 Å². The fourth-order valence-electron chi connectivity index (χ4n) is 1.46. The van der Waals surface area contributed by atoms with Crippen LogP contribution in [0.1, 0.15) is 65.2 Å². The van der Waals surface area contributed by atoms with E-state index in [0.29, 0.717) is 0 Å². The zero-order valence-corrected chi connectivity index (χ0v) is 12.5. The summed E-state index contributed by atoms with van der Waals surface area (Å²) in [6, 6.07) is 0. The number of nitrogens with one attached hydrogen (secondary N) is 1. The minimum absolute atomic E-state index is 0.988. The Labute approximate surface area is 111 Å². The van der Waals surface area contributed by atoms with E-state index in [1.54, 1.807) is 11.8 Å². The molecule has 0 aromatic rings. The Morgan fingerprint density at radius 3 is 2.25 bits per heavy atom. The maximum Gasteiger partial charge on any atom is 0.133 e. The van der Waals surface area contributed by atoms with Gasteiger partial charge in [0.05, 0.1) is 0 Å². The van der Waals surface area contributed by atoms with Crippen LogP contribution in [0.15, 0.2) is 0 Å². The van der Waals surface area contributed by atoms with E-state index in [2.05, 4.69) is 19.2 Å². The number of hydrogen-bond acceptors (Lipinski definition) is 2. The second kappa shape index (κ2) is 13.3. The van der Waals surface area contributed by atoms with Gasteiger partial charge in [-0.1, -0.05) is 76.4 Å². The lowest BCUT2D eigenvalue weighted by molar-refractivity contribution is 0.603. The standard InChI is InChI=1S/C13H27NS2/c1-3-5-7-8-9-10-11-14-13(15)16-12-6-4-2/h3-12H2,1-2H3,(H,14,15). The van der Waals surface area contributed by atoms with Gasteiger partial charge in [-0.2, -0.15) is 0 Å². The number of thiocarbonyl (C=S) groups is 1. The van der Waals surface area contributed by atoms with Gasteiger partial charge in [0.25, 0.3) is 0 Å². The molecule has 0 bridgehead atoms. The van der Waals surface area contributed by atoms with Crippen LogP contribution in [-0.4, -0.2) is 16.6 Å². The average molecular weight is 262 g/mol. The molecule has 96 valence electrons. The molecule has 0 rings (SSSR count). The zero-order valence-electron chi connectivity index (χ0n) is 10.9. The first-order valence-corrected chi connectivity index (χ1v) is 8.11. The summed E-state index contributed by atoms with van der Waals surface area (Å²) in [4.78, 5) is 0. The quantitative estimate of drug-likeness (QED) is 0.450. The van der Waals surface area contributed by atoms with Crippen LogP contribution in [0.25, 0.3) is 0 Å². The van der Waals surface area contributed by atoms with Crippen molar-refractivity contribution in [2.45, 2.75) is 65.2 Å². The highest BCUT2D eigenvalue weighted by atomic mass is 32.2. The van der Waals surface area contributed by atoms with Crippen LogP contribution >= 0.6 is 24.0 Å². The Bertz CT molecular complexity index is 160. The molecule has 0 saturated heterocycles. The van der Waals surface area contributed by atoms with E-state index in [-0.39, 0.29) is 0 Å². The molecule has 0 aliphatic carbocycles. The third kappa shape index (κ3) is 12.3. The third-order valence-corrected chi connectivity index (χ3v) is 3.93. The lowest BCUT2D eigenvalue weighted by Crippen LogP contribution is -2.19. The Kier molecular flexibility index (Phi) is 13.5. The van der Waals surface area contributed by atoms with E-state index >= 15 is 0 Å². The highest BCUT2D eigenvalue weighted by molar-refractivity contribution is 8.22. The van der Waals surface area contributed by atoms with Crippen molar-refractivity contribution >= 4 is 28.3 Å². The Morgan fingerprint density at radius 1 is 0.938 bits per heavy atom. The second-order valence-corrected chi connectivity index (χ2v) is 5.96. The molecular formula is C13H27NS2. The van der Waals surface area contributed by atoms with Gasteiger partial charge < -0.3 is 5.32 Å². The second-order valence-electron chi connectivity index (χ2n) is 4.18. The normalized spacial score (nSPS) is 10.4. The Balaban J connectivity index is 3.09. The van der Waals surface area contributed by atoms with Crippen molar-refractivity contribution in [3.63, 3.8) is 0 Å². The average Bonchev–Trinajstić information content (AvgIpc) is 2.28. The number of hydrogen-bond donors (Lipinski definition) is 1. The predicted molar refractivity (Wildman–Crippen MR) is 81.3 cm³/mol. The number of unbranched alkanes of at least 4 members (excludes halogenated alkanes) is 6. The summed E-state index contributed by atoms with van der Waals surface area (Å²) in [5.41, 5.74) is 0. The van der Waals surface area contributed by atoms with E-state index in [0.717, 1.165) is 10.9 Å². The molecule has 0 heterocycles. The van der Waals surface area contributed by atoms with E-state index in [9.17, 15) is 0 Å². The molecule has 0 spiro atoms. The monoisotopic (exact) mass is 261 g/mol. The van der Waals surface area contributed by atoms with Crippen LogP contribution in [0.4, 0.5) is 0 Å². The van der Waals surface area contributed by atoms with Gasteiger partial charge in [0.15, 0.2) is 0 Å². The molecule has 0 unspecified atom stereocenters. The predicted octanol–water partition coefficient (Wildman–Crippen LogP) is 4.75. The van der Waals surface area contributed by atoms with E-state index in [4.69, 9.17) is 12.2 Å². The van der Waals surface area contributed by atoms with Crippen LogP contribution in [0.2, 0.25) is 0 Å². The SMILES string of the molecule is CCCCCCCCNC(=S)SCCCC. The summed E-state index contributed by atoms with van der Waals surface area (Å²) in [5, 5.41) is 3.33. The van der Waals surface area contributed by atoms with E-state index in [1.165, 1.54) is 57.1 Å². The molecule has 0 aromatic carbocycles. The summed E-state index contributed by atoms with van der Waals surface area (Å²) < 4.78 is 0.988. The van der Waals surface area contributed by atoms with E-state index < -0.39 is 0 Å². The molecular weight excluding hydrogens is 234 g/mol. The Morgan fingerprint density at radius 2 is 1.56 bits per heavy atom. The molecule has 16 heavy (non-hydrogen) atoms. The summed E-state index contributed by atoms with van der Waals surface area (Å²) in [6.45, 7) is 5.53. The smallest absolute Gasteiger partial charge is 0.133 e. The van der Waals surface area contributed by atoms with Crippen LogP contribution in [0.3, 0.4) is 0 Å². The van der Waals surface area contributed by atoms with Crippen LogP contribution in [-0.2, 0) is 0 Å². The first-order chi connectivity index (χ1) is 7.81. The van der Waals surface area contributed by atoms with Gasteiger partial charge in [-0.15, -0.1) is 0 Å². The fourth-order valence-corrected chi connectivity index (χ4v) is 2.63. The minimum atomic E-state index is 0.988. The molecule has 0 aromatic heterocycles. The molecule has 0 atom stereocenters. The third-order valence-electron chi connectivity index (χ3n) is 2.53. The van der Waals surface area contributed by atoms with Gasteiger partial charge in [0.2, 0.25) is 0 Å². The largest absolute Gasteiger partial charge is 0.371 e. The van der Waals surface area contributed by atoms with Gasteiger partial charge in [-0.3, -0.25) is 0 Å². The van der Waals surface area contributed by atoms with Crippen molar-refractivity contribution in [2.75, 3.05) is 12.3 Å². The molecule has 0 aliphatic rings. The van der Waals surface area contributed by atoms with Crippen molar-refractivity contribution in [1.82, 2.24) is 5.32 Å². The molecule has 0 saturated carbocycles. The topological polar surface area (TPSA) is 12.0 Å². The van der Waals surface area contributed by atoms with Crippen LogP contribution in [0.5, 0.6) is 0 Å². The highest BCUT2D eigenvalue weighted by Crippen LogP contribution is 2.07. The maximum atomic E-state index is 5.24. The number of thioether (sulfide) groups is 1. The molecule has 0 fully saturated rings. The van der Waals surface area contributed by atoms with Crippen molar-refractivity contribution in [2.24, 2.45) is 0 Å². The van der Waals surface area contributed by atoms with Gasteiger partial charge in [-0.05, 0) is 12.8 Å². The lowest BCUT2D eigenvalue weighted by Gasteiger charge is -2.06. The van der Waals surface area contributed by atoms with E-state index in [1.807, 2.05) is 0 Å². The molecule has 0 aliphatic heterocycles. The summed E-state index contributed by atoms with van der Waals surface area (Å²) in [5.74, 6) is 1.17. The molecule has 1 nitrogen and oxygen atoms in total. The Hall–Kier alpha value is 0.240. The molecule has 0 amide bonds. The molecule has 1 N–H and O–H groups in total.